The average molecular weight is 153 g/mol. The predicted molar refractivity (Wildman–Crippen MR) is 47.5 cm³/mol. The summed E-state index contributed by atoms with van der Waals surface area (Å²) < 4.78 is 0. The number of hydrogen-bond acceptors (Lipinski definition) is 1. The van der Waals surface area contributed by atoms with Gasteiger partial charge in [-0.3, -0.25) is 0 Å². The van der Waals surface area contributed by atoms with Gasteiger partial charge in [-0.25, -0.2) is 0 Å². The normalized spacial score (nSPS) is 30.0. The highest BCUT2D eigenvalue weighted by Gasteiger charge is 2.44. The molecule has 2 saturated carbocycles. The lowest BCUT2D eigenvalue weighted by Crippen LogP contribution is -2.29. The fourth-order valence-corrected chi connectivity index (χ4v) is 2.16. The molecule has 11 heavy (non-hydrogen) atoms. The van der Waals surface area contributed by atoms with Gasteiger partial charge in [0.05, 0.1) is 0 Å². The summed E-state index contributed by atoms with van der Waals surface area (Å²) in [5.74, 6) is 2.06. The van der Waals surface area contributed by atoms with Crippen LogP contribution >= 0.6 is 0 Å². The van der Waals surface area contributed by atoms with E-state index < -0.39 is 0 Å². The molecule has 0 aliphatic heterocycles. The molecule has 0 aromatic rings. The molecule has 1 heteroatoms. The molecule has 0 saturated heterocycles. The summed E-state index contributed by atoms with van der Waals surface area (Å²) in [7, 11) is 2.12. The molecule has 1 unspecified atom stereocenters. The molecular formula is C10H19N. The largest absolute Gasteiger partial charge is 0.314 e. The van der Waals surface area contributed by atoms with Gasteiger partial charge in [0, 0.05) is 5.54 Å². The highest BCUT2D eigenvalue weighted by Crippen LogP contribution is 2.47. The van der Waals surface area contributed by atoms with Gasteiger partial charge in [-0.05, 0) is 51.0 Å². The topological polar surface area (TPSA) is 12.0 Å². The van der Waals surface area contributed by atoms with E-state index >= 15 is 0 Å². The third-order valence-corrected chi connectivity index (χ3v) is 3.52. The van der Waals surface area contributed by atoms with E-state index in [4.69, 9.17) is 0 Å². The van der Waals surface area contributed by atoms with Crippen molar-refractivity contribution in [2.24, 2.45) is 11.8 Å². The second-order valence-electron chi connectivity index (χ2n) is 4.55. The van der Waals surface area contributed by atoms with Crippen molar-refractivity contribution >= 4 is 0 Å². The van der Waals surface area contributed by atoms with Crippen LogP contribution in [0.25, 0.3) is 0 Å². The summed E-state index contributed by atoms with van der Waals surface area (Å²) in [5.41, 5.74) is 0.585. The zero-order valence-electron chi connectivity index (χ0n) is 7.69. The van der Waals surface area contributed by atoms with Crippen LogP contribution in [-0.4, -0.2) is 12.6 Å². The molecule has 0 spiro atoms. The molecule has 0 aromatic carbocycles. The molecule has 2 fully saturated rings. The maximum Gasteiger partial charge on any atom is 0.0182 e. The van der Waals surface area contributed by atoms with Crippen LogP contribution in [0, 0.1) is 11.8 Å². The number of rotatable bonds is 4. The lowest BCUT2D eigenvalue weighted by Gasteiger charge is -2.18. The Morgan fingerprint density at radius 1 is 1.45 bits per heavy atom. The lowest BCUT2D eigenvalue weighted by atomic mass is 9.96. The highest BCUT2D eigenvalue weighted by atomic mass is 15.0. The third-order valence-electron chi connectivity index (χ3n) is 3.52. The smallest absolute Gasteiger partial charge is 0.0182 e. The first-order chi connectivity index (χ1) is 5.26. The van der Waals surface area contributed by atoms with Gasteiger partial charge in [0.2, 0.25) is 0 Å². The van der Waals surface area contributed by atoms with Crippen molar-refractivity contribution in [3.05, 3.63) is 0 Å². The molecule has 1 N–H and O–H groups in total. The van der Waals surface area contributed by atoms with Crippen LogP contribution in [0.1, 0.15) is 39.0 Å². The van der Waals surface area contributed by atoms with Gasteiger partial charge < -0.3 is 5.32 Å². The first kappa shape index (κ1) is 7.60. The fourth-order valence-electron chi connectivity index (χ4n) is 2.16. The Balaban J connectivity index is 1.79. The van der Waals surface area contributed by atoms with Gasteiger partial charge in [-0.1, -0.05) is 6.92 Å². The molecule has 1 nitrogen and oxygen atoms in total. The van der Waals surface area contributed by atoms with Gasteiger partial charge >= 0.3 is 0 Å². The first-order valence-electron chi connectivity index (χ1n) is 4.95. The van der Waals surface area contributed by atoms with Crippen LogP contribution in [-0.2, 0) is 0 Å². The van der Waals surface area contributed by atoms with E-state index in [9.17, 15) is 0 Å². The number of hydrogen-bond donors (Lipinski definition) is 1. The van der Waals surface area contributed by atoms with E-state index in [1.165, 1.54) is 32.1 Å². The summed E-state index contributed by atoms with van der Waals surface area (Å²) in [6.45, 7) is 2.43. The Bertz CT molecular complexity index is 145. The van der Waals surface area contributed by atoms with Crippen molar-refractivity contribution in [3.63, 3.8) is 0 Å². The van der Waals surface area contributed by atoms with E-state index in [2.05, 4.69) is 19.3 Å². The lowest BCUT2D eigenvalue weighted by molar-refractivity contribution is 0.374. The van der Waals surface area contributed by atoms with Crippen LogP contribution in [0.3, 0.4) is 0 Å². The Kier molecular flexibility index (Phi) is 1.71. The van der Waals surface area contributed by atoms with Gasteiger partial charge in [-0.2, -0.15) is 0 Å². The van der Waals surface area contributed by atoms with Crippen LogP contribution < -0.4 is 5.32 Å². The van der Waals surface area contributed by atoms with Gasteiger partial charge in [0.1, 0.15) is 0 Å². The van der Waals surface area contributed by atoms with Crippen molar-refractivity contribution in [1.29, 1.82) is 0 Å². The van der Waals surface area contributed by atoms with Gasteiger partial charge in [0.25, 0.3) is 0 Å². The van der Waals surface area contributed by atoms with E-state index in [0.717, 1.165) is 11.8 Å². The summed E-state index contributed by atoms with van der Waals surface area (Å²) in [5, 5.41) is 3.47. The predicted octanol–water partition coefficient (Wildman–Crippen LogP) is 2.17. The number of nitrogens with one attached hydrogen (secondary N) is 1. The Hall–Kier alpha value is -0.0400. The van der Waals surface area contributed by atoms with Crippen LogP contribution in [0.15, 0.2) is 0 Å². The monoisotopic (exact) mass is 153 g/mol. The molecule has 0 bridgehead atoms. The summed E-state index contributed by atoms with van der Waals surface area (Å²) in [4.78, 5) is 0. The minimum Gasteiger partial charge on any atom is -0.314 e. The standard InChI is InChI=1S/C10H19N/c1-8(9-3-4-9)7-10(11-2)5-6-10/h8-9,11H,3-7H2,1-2H3. The third kappa shape index (κ3) is 1.58. The van der Waals surface area contributed by atoms with Crippen LogP contribution in [0.5, 0.6) is 0 Å². The molecule has 0 heterocycles. The highest BCUT2D eigenvalue weighted by molar-refractivity contribution is 5.02. The molecule has 0 amide bonds. The summed E-state index contributed by atoms with van der Waals surface area (Å²) in [6.07, 6.45) is 7.26. The van der Waals surface area contributed by atoms with E-state index in [1.807, 2.05) is 0 Å². The van der Waals surface area contributed by atoms with Gasteiger partial charge in [0.15, 0.2) is 0 Å². The molecule has 0 radical (unpaired) electrons. The second-order valence-corrected chi connectivity index (χ2v) is 4.55. The van der Waals surface area contributed by atoms with Crippen molar-refractivity contribution in [2.75, 3.05) is 7.05 Å². The zero-order valence-corrected chi connectivity index (χ0v) is 7.69. The van der Waals surface area contributed by atoms with E-state index in [-0.39, 0.29) is 0 Å². The van der Waals surface area contributed by atoms with Crippen molar-refractivity contribution in [1.82, 2.24) is 5.32 Å². The molecule has 0 aromatic heterocycles. The fraction of sp³-hybridized carbons (Fsp3) is 1.00. The first-order valence-corrected chi connectivity index (χ1v) is 4.95. The molecular weight excluding hydrogens is 134 g/mol. The van der Waals surface area contributed by atoms with Gasteiger partial charge in [-0.15, -0.1) is 0 Å². The minimum atomic E-state index is 0.585. The molecule has 2 aliphatic carbocycles. The van der Waals surface area contributed by atoms with Crippen LogP contribution in [0.2, 0.25) is 0 Å². The molecule has 2 aliphatic rings. The Labute approximate surface area is 69.6 Å². The average Bonchev–Trinajstić information content (AvgIpc) is 2.85. The van der Waals surface area contributed by atoms with E-state index in [1.54, 1.807) is 0 Å². The Morgan fingerprint density at radius 2 is 2.09 bits per heavy atom. The summed E-state index contributed by atoms with van der Waals surface area (Å²) >= 11 is 0. The van der Waals surface area contributed by atoms with Crippen LogP contribution in [0.4, 0.5) is 0 Å². The molecule has 2 rings (SSSR count). The minimum absolute atomic E-state index is 0.585. The maximum atomic E-state index is 3.47. The quantitative estimate of drug-likeness (QED) is 0.652. The van der Waals surface area contributed by atoms with Crippen molar-refractivity contribution in [3.8, 4) is 0 Å². The van der Waals surface area contributed by atoms with E-state index in [0.29, 0.717) is 5.54 Å². The van der Waals surface area contributed by atoms with Crippen molar-refractivity contribution < 1.29 is 0 Å². The molecule has 1 atom stereocenters. The molecule has 64 valence electrons. The van der Waals surface area contributed by atoms with Crippen molar-refractivity contribution in [2.45, 2.75) is 44.6 Å². The second kappa shape index (κ2) is 2.48. The SMILES string of the molecule is CNC1(CC(C)C2CC2)CC1. The maximum absolute atomic E-state index is 3.47. The Morgan fingerprint density at radius 3 is 2.45 bits per heavy atom. The zero-order chi connectivity index (χ0) is 7.90. The summed E-state index contributed by atoms with van der Waals surface area (Å²) in [6, 6.07) is 0.